The van der Waals surface area contributed by atoms with Gasteiger partial charge in [-0.15, -0.1) is 0 Å². The van der Waals surface area contributed by atoms with Crippen molar-refractivity contribution in [3.63, 3.8) is 0 Å². The van der Waals surface area contributed by atoms with Gasteiger partial charge in [0.15, 0.2) is 0 Å². The van der Waals surface area contributed by atoms with E-state index in [1.54, 1.807) is 0 Å². The first kappa shape index (κ1) is 15.1. The Balaban J connectivity index is 2.43. The van der Waals surface area contributed by atoms with Gasteiger partial charge in [0.25, 0.3) is 0 Å². The van der Waals surface area contributed by atoms with E-state index in [0.29, 0.717) is 22.1 Å². The lowest BCUT2D eigenvalue weighted by atomic mass is 9.85. The molecule has 4 N–H and O–H groups in total. The van der Waals surface area contributed by atoms with E-state index in [1.807, 2.05) is 45.0 Å². The standard InChI is InChI=1S/C16H17ClN4/c1-10-13(14(18)21-15(19)20-10)7-8-16(2,3)11-5-4-6-12(17)9-11/h4-6,9H,1-3H3,(H4,18,19,20,21). The van der Waals surface area contributed by atoms with Crippen LogP contribution in [-0.2, 0) is 5.41 Å². The van der Waals surface area contributed by atoms with Gasteiger partial charge in [-0.2, -0.15) is 4.98 Å². The number of rotatable bonds is 1. The number of nitrogen functional groups attached to an aromatic ring is 2. The topological polar surface area (TPSA) is 77.8 Å². The molecule has 0 spiro atoms. The van der Waals surface area contributed by atoms with E-state index in [4.69, 9.17) is 23.1 Å². The second kappa shape index (κ2) is 5.63. The molecule has 1 heterocycles. The van der Waals surface area contributed by atoms with Crippen molar-refractivity contribution in [3.05, 3.63) is 46.1 Å². The van der Waals surface area contributed by atoms with E-state index >= 15 is 0 Å². The molecule has 0 saturated heterocycles. The summed E-state index contributed by atoms with van der Waals surface area (Å²) in [6, 6.07) is 7.65. The van der Waals surface area contributed by atoms with E-state index in [9.17, 15) is 0 Å². The normalized spacial score (nSPS) is 10.9. The Kier molecular flexibility index (Phi) is 4.06. The maximum Gasteiger partial charge on any atom is 0.222 e. The van der Waals surface area contributed by atoms with Crippen LogP contribution in [0, 0.1) is 18.8 Å². The smallest absolute Gasteiger partial charge is 0.222 e. The molecule has 1 aromatic carbocycles. The Morgan fingerprint density at radius 2 is 1.90 bits per heavy atom. The molecule has 108 valence electrons. The largest absolute Gasteiger partial charge is 0.382 e. The molecule has 0 atom stereocenters. The minimum absolute atomic E-state index is 0.157. The zero-order chi connectivity index (χ0) is 15.6. The van der Waals surface area contributed by atoms with Gasteiger partial charge in [-0.05, 0) is 38.5 Å². The molecule has 4 nitrogen and oxygen atoms in total. The molecule has 0 fully saturated rings. The third kappa shape index (κ3) is 3.45. The van der Waals surface area contributed by atoms with E-state index < -0.39 is 0 Å². The van der Waals surface area contributed by atoms with Crippen LogP contribution in [0.15, 0.2) is 24.3 Å². The van der Waals surface area contributed by atoms with Gasteiger partial charge in [-0.3, -0.25) is 0 Å². The summed E-state index contributed by atoms with van der Waals surface area (Å²) in [5, 5.41) is 0.689. The lowest BCUT2D eigenvalue weighted by Gasteiger charge is -2.18. The van der Waals surface area contributed by atoms with Crippen LogP contribution < -0.4 is 11.5 Å². The van der Waals surface area contributed by atoms with Gasteiger partial charge in [0.05, 0.1) is 16.7 Å². The molecular formula is C16H17ClN4. The average Bonchev–Trinajstić information content (AvgIpc) is 2.37. The molecule has 0 aliphatic heterocycles. The molecule has 0 bridgehead atoms. The number of anilines is 2. The second-order valence-corrected chi connectivity index (χ2v) is 5.75. The number of aromatic nitrogens is 2. The molecular weight excluding hydrogens is 284 g/mol. The first-order valence-corrected chi connectivity index (χ1v) is 6.86. The number of nitrogens with zero attached hydrogens (tertiary/aromatic N) is 2. The van der Waals surface area contributed by atoms with Crippen molar-refractivity contribution >= 4 is 23.4 Å². The summed E-state index contributed by atoms with van der Waals surface area (Å²) in [6.45, 7) is 5.86. The van der Waals surface area contributed by atoms with Crippen molar-refractivity contribution in [1.29, 1.82) is 0 Å². The van der Waals surface area contributed by atoms with Gasteiger partial charge < -0.3 is 11.5 Å². The number of halogens is 1. The lowest BCUT2D eigenvalue weighted by Crippen LogP contribution is -2.14. The van der Waals surface area contributed by atoms with Crippen molar-refractivity contribution in [2.24, 2.45) is 0 Å². The highest BCUT2D eigenvalue weighted by molar-refractivity contribution is 6.30. The second-order valence-electron chi connectivity index (χ2n) is 5.31. The summed E-state index contributed by atoms with van der Waals surface area (Å²) < 4.78 is 0. The van der Waals surface area contributed by atoms with E-state index in [1.165, 1.54) is 0 Å². The van der Waals surface area contributed by atoms with E-state index in [-0.39, 0.29) is 11.4 Å². The monoisotopic (exact) mass is 300 g/mol. The van der Waals surface area contributed by atoms with Gasteiger partial charge in [0.1, 0.15) is 5.82 Å². The van der Waals surface area contributed by atoms with E-state index in [2.05, 4.69) is 21.8 Å². The number of benzene rings is 1. The lowest BCUT2D eigenvalue weighted by molar-refractivity contribution is 0.698. The Morgan fingerprint density at radius 1 is 1.19 bits per heavy atom. The molecule has 0 saturated carbocycles. The first-order chi connectivity index (χ1) is 9.79. The maximum absolute atomic E-state index is 6.03. The van der Waals surface area contributed by atoms with Crippen LogP contribution >= 0.6 is 11.6 Å². The number of hydrogen-bond donors (Lipinski definition) is 2. The summed E-state index contributed by atoms with van der Waals surface area (Å²) in [5.74, 6) is 6.74. The quantitative estimate of drug-likeness (QED) is 0.794. The zero-order valence-corrected chi connectivity index (χ0v) is 13.0. The predicted molar refractivity (Wildman–Crippen MR) is 86.9 cm³/mol. The highest BCUT2D eigenvalue weighted by atomic mass is 35.5. The van der Waals surface area contributed by atoms with Gasteiger partial charge in [0, 0.05) is 5.02 Å². The molecule has 1 aromatic heterocycles. The number of nitrogens with two attached hydrogens (primary N) is 2. The summed E-state index contributed by atoms with van der Waals surface area (Å²) in [7, 11) is 0. The van der Waals surface area contributed by atoms with Crippen molar-refractivity contribution in [3.8, 4) is 11.8 Å². The fourth-order valence-corrected chi connectivity index (χ4v) is 2.13. The number of hydrogen-bond acceptors (Lipinski definition) is 4. The molecule has 0 aliphatic carbocycles. The van der Waals surface area contributed by atoms with Crippen molar-refractivity contribution in [2.45, 2.75) is 26.2 Å². The molecule has 2 aromatic rings. The minimum Gasteiger partial charge on any atom is -0.382 e. The van der Waals surface area contributed by atoms with Crippen molar-refractivity contribution < 1.29 is 0 Å². The fraction of sp³-hybridized carbons (Fsp3) is 0.250. The Hall–Kier alpha value is -2.25. The Labute approximate surface area is 129 Å². The SMILES string of the molecule is Cc1nc(N)nc(N)c1C#CC(C)(C)c1cccc(Cl)c1. The van der Waals surface area contributed by atoms with Crippen molar-refractivity contribution in [1.82, 2.24) is 9.97 Å². The van der Waals surface area contributed by atoms with Gasteiger partial charge in [-0.25, -0.2) is 4.98 Å². The third-order valence-corrected chi connectivity index (χ3v) is 3.42. The van der Waals surface area contributed by atoms with Gasteiger partial charge >= 0.3 is 0 Å². The highest BCUT2D eigenvalue weighted by Crippen LogP contribution is 2.25. The summed E-state index contributed by atoms with van der Waals surface area (Å²) >= 11 is 6.03. The van der Waals surface area contributed by atoms with Crippen LogP contribution in [0.3, 0.4) is 0 Å². The minimum atomic E-state index is -0.370. The zero-order valence-electron chi connectivity index (χ0n) is 12.2. The summed E-state index contributed by atoms with van der Waals surface area (Å²) in [5.41, 5.74) is 13.4. The van der Waals surface area contributed by atoms with Crippen LogP contribution in [0.4, 0.5) is 11.8 Å². The fourth-order valence-electron chi connectivity index (χ4n) is 1.94. The van der Waals surface area contributed by atoms with Crippen molar-refractivity contribution in [2.75, 3.05) is 11.5 Å². The molecule has 0 amide bonds. The molecule has 0 radical (unpaired) electrons. The van der Waals surface area contributed by atoms with Crippen LogP contribution in [-0.4, -0.2) is 9.97 Å². The molecule has 0 aliphatic rings. The molecule has 2 rings (SSSR count). The summed E-state index contributed by atoms with van der Waals surface area (Å²) in [4.78, 5) is 8.03. The van der Waals surface area contributed by atoms with Crippen LogP contribution in [0.1, 0.15) is 30.7 Å². The average molecular weight is 301 g/mol. The van der Waals surface area contributed by atoms with Crippen LogP contribution in [0.5, 0.6) is 0 Å². The molecule has 5 heteroatoms. The molecule has 0 unspecified atom stereocenters. The summed E-state index contributed by atoms with van der Waals surface area (Å²) in [6.07, 6.45) is 0. The Bertz CT molecular complexity index is 718. The molecule has 21 heavy (non-hydrogen) atoms. The van der Waals surface area contributed by atoms with Crippen LogP contribution in [0.2, 0.25) is 5.02 Å². The predicted octanol–water partition coefficient (Wildman–Crippen LogP) is 2.93. The van der Waals surface area contributed by atoms with Gasteiger partial charge in [0.2, 0.25) is 5.95 Å². The third-order valence-electron chi connectivity index (χ3n) is 3.18. The Morgan fingerprint density at radius 3 is 2.52 bits per heavy atom. The highest BCUT2D eigenvalue weighted by Gasteiger charge is 2.18. The first-order valence-electron chi connectivity index (χ1n) is 6.48. The number of aryl methyl sites for hydroxylation is 1. The van der Waals surface area contributed by atoms with Crippen LogP contribution in [0.25, 0.3) is 0 Å². The van der Waals surface area contributed by atoms with E-state index in [0.717, 1.165) is 5.56 Å². The maximum atomic E-state index is 6.03. The van der Waals surface area contributed by atoms with Gasteiger partial charge in [-0.1, -0.05) is 35.6 Å².